The average Bonchev–Trinajstić information content (AvgIpc) is 2.37. The Kier molecular flexibility index (Phi) is 6.54. The second-order valence-electron chi connectivity index (χ2n) is 3.97. The Morgan fingerprint density at radius 1 is 1.50 bits per heavy atom. The van der Waals surface area contributed by atoms with Crippen molar-refractivity contribution in [2.24, 2.45) is 0 Å². The number of likely N-dealkylation sites (N-methyl/N-ethyl adjacent to an activating group) is 1. The number of carbonyl (C=O) groups excluding carboxylic acids is 1. The minimum Gasteiger partial charge on any atom is -0.350 e. The first-order chi connectivity index (χ1) is 8.58. The second-order valence-corrected chi connectivity index (χ2v) is 5.72. The summed E-state index contributed by atoms with van der Waals surface area (Å²) in [5.74, 6) is 0.852. The zero-order chi connectivity index (χ0) is 13.5. The van der Waals surface area contributed by atoms with Crippen LogP contribution in [0, 0.1) is 0 Å². The Morgan fingerprint density at radius 2 is 2.22 bits per heavy atom. The normalized spacial score (nSPS) is 12.2. The predicted octanol–water partition coefficient (Wildman–Crippen LogP) is 2.79. The van der Waals surface area contributed by atoms with Crippen molar-refractivity contribution < 1.29 is 4.79 Å². The molecule has 100 valence electrons. The highest BCUT2D eigenvalue weighted by molar-refractivity contribution is 7.99. The van der Waals surface area contributed by atoms with E-state index in [0.29, 0.717) is 17.1 Å². The molecule has 0 spiro atoms. The lowest BCUT2D eigenvalue weighted by atomic mass is 10.2. The van der Waals surface area contributed by atoms with Gasteiger partial charge in [-0.15, -0.1) is 11.8 Å². The van der Waals surface area contributed by atoms with Crippen LogP contribution in [0.1, 0.15) is 24.2 Å². The smallest absolute Gasteiger partial charge is 0.252 e. The zero-order valence-corrected chi connectivity index (χ0v) is 12.5. The van der Waals surface area contributed by atoms with Crippen molar-refractivity contribution >= 4 is 29.3 Å². The van der Waals surface area contributed by atoms with Crippen molar-refractivity contribution in [1.82, 2.24) is 10.6 Å². The molecule has 18 heavy (non-hydrogen) atoms. The summed E-state index contributed by atoms with van der Waals surface area (Å²) in [5.41, 5.74) is 0.651. The highest BCUT2D eigenvalue weighted by atomic mass is 35.5. The van der Waals surface area contributed by atoms with E-state index in [1.165, 1.54) is 0 Å². The largest absolute Gasteiger partial charge is 0.350 e. The van der Waals surface area contributed by atoms with Gasteiger partial charge in [-0.25, -0.2) is 0 Å². The number of thioether (sulfide) groups is 1. The highest BCUT2D eigenvalue weighted by Gasteiger charge is 2.12. The fraction of sp³-hybridized carbons (Fsp3) is 0.462. The molecule has 0 saturated heterocycles. The molecule has 1 aromatic carbocycles. The van der Waals surface area contributed by atoms with E-state index in [9.17, 15) is 4.79 Å². The molecular formula is C13H19ClN2OS. The Labute approximate surface area is 118 Å². The van der Waals surface area contributed by atoms with Crippen molar-refractivity contribution in [3.05, 3.63) is 28.8 Å². The Morgan fingerprint density at radius 3 is 2.83 bits per heavy atom. The number of hydrogen-bond acceptors (Lipinski definition) is 3. The van der Waals surface area contributed by atoms with Gasteiger partial charge in [0.2, 0.25) is 0 Å². The first-order valence-corrected chi connectivity index (χ1v) is 7.32. The number of benzene rings is 1. The maximum absolute atomic E-state index is 12.1. The molecule has 0 saturated carbocycles. The number of halogens is 1. The third-order valence-corrected chi connectivity index (χ3v) is 3.74. The summed E-state index contributed by atoms with van der Waals surface area (Å²) in [6.07, 6.45) is 0. The van der Waals surface area contributed by atoms with Crippen LogP contribution < -0.4 is 10.6 Å². The Hall–Kier alpha value is -0.710. The molecule has 1 aromatic rings. The maximum atomic E-state index is 12.1. The highest BCUT2D eigenvalue weighted by Crippen LogP contribution is 2.25. The molecule has 0 fully saturated rings. The first kappa shape index (κ1) is 15.3. The van der Waals surface area contributed by atoms with Crippen LogP contribution in [0.4, 0.5) is 0 Å². The molecule has 0 radical (unpaired) electrons. The molecule has 1 unspecified atom stereocenters. The minimum atomic E-state index is -0.0736. The maximum Gasteiger partial charge on any atom is 0.252 e. The summed E-state index contributed by atoms with van der Waals surface area (Å²) in [5, 5.41) is 6.56. The van der Waals surface area contributed by atoms with Crippen molar-refractivity contribution in [2.45, 2.75) is 24.8 Å². The molecule has 1 atom stereocenters. The van der Waals surface area contributed by atoms with Gasteiger partial charge in [0, 0.05) is 22.5 Å². The fourth-order valence-corrected chi connectivity index (χ4v) is 2.36. The van der Waals surface area contributed by atoms with Crippen LogP contribution in [0.2, 0.25) is 5.02 Å². The van der Waals surface area contributed by atoms with Gasteiger partial charge in [-0.3, -0.25) is 4.79 Å². The predicted molar refractivity (Wildman–Crippen MR) is 78.7 cm³/mol. The summed E-state index contributed by atoms with van der Waals surface area (Å²) >= 11 is 7.59. The van der Waals surface area contributed by atoms with Crippen LogP contribution >= 0.6 is 23.4 Å². The average molecular weight is 287 g/mol. The topological polar surface area (TPSA) is 41.1 Å². The van der Waals surface area contributed by atoms with E-state index in [-0.39, 0.29) is 11.9 Å². The van der Waals surface area contributed by atoms with Crippen LogP contribution in [-0.4, -0.2) is 31.3 Å². The molecule has 0 aromatic heterocycles. The minimum absolute atomic E-state index is 0.0736. The molecular weight excluding hydrogens is 268 g/mol. The van der Waals surface area contributed by atoms with E-state index in [4.69, 9.17) is 11.6 Å². The van der Waals surface area contributed by atoms with Gasteiger partial charge in [-0.05, 0) is 37.9 Å². The van der Waals surface area contributed by atoms with E-state index in [1.807, 2.05) is 26.1 Å². The summed E-state index contributed by atoms with van der Waals surface area (Å²) in [6.45, 7) is 4.67. The summed E-state index contributed by atoms with van der Waals surface area (Å²) in [4.78, 5) is 13.1. The molecule has 5 heteroatoms. The Bertz CT molecular complexity index is 412. The van der Waals surface area contributed by atoms with Gasteiger partial charge in [-0.2, -0.15) is 0 Å². The van der Waals surface area contributed by atoms with E-state index in [2.05, 4.69) is 17.6 Å². The standard InChI is InChI=1S/C13H19ClN2OS/c1-4-18-12-6-5-10(14)7-11(12)13(17)16-8-9(2)15-3/h5-7,9,15H,4,8H2,1-3H3,(H,16,17). The second kappa shape index (κ2) is 7.67. The first-order valence-electron chi connectivity index (χ1n) is 5.96. The monoisotopic (exact) mass is 286 g/mol. The van der Waals surface area contributed by atoms with Crippen LogP contribution in [0.3, 0.4) is 0 Å². The molecule has 1 amide bonds. The molecule has 2 N–H and O–H groups in total. The molecule has 0 bridgehead atoms. The number of rotatable bonds is 6. The number of hydrogen-bond donors (Lipinski definition) is 2. The molecule has 0 aliphatic carbocycles. The van der Waals surface area contributed by atoms with Gasteiger partial charge in [0.15, 0.2) is 0 Å². The zero-order valence-electron chi connectivity index (χ0n) is 10.9. The van der Waals surface area contributed by atoms with Gasteiger partial charge in [0.1, 0.15) is 0 Å². The lowest BCUT2D eigenvalue weighted by Crippen LogP contribution is -2.37. The Balaban J connectivity index is 2.79. The molecule has 0 aliphatic rings. The van der Waals surface area contributed by atoms with Crippen molar-refractivity contribution in [1.29, 1.82) is 0 Å². The summed E-state index contributed by atoms with van der Waals surface area (Å²) < 4.78 is 0. The van der Waals surface area contributed by atoms with Crippen LogP contribution in [0.15, 0.2) is 23.1 Å². The van der Waals surface area contributed by atoms with E-state index in [0.717, 1.165) is 10.6 Å². The van der Waals surface area contributed by atoms with Crippen LogP contribution in [0.25, 0.3) is 0 Å². The lowest BCUT2D eigenvalue weighted by molar-refractivity contribution is 0.0947. The number of amides is 1. The van der Waals surface area contributed by atoms with E-state index in [1.54, 1.807) is 17.8 Å². The van der Waals surface area contributed by atoms with Crippen molar-refractivity contribution in [3.8, 4) is 0 Å². The summed E-state index contributed by atoms with van der Waals surface area (Å²) in [7, 11) is 1.87. The van der Waals surface area contributed by atoms with Crippen LogP contribution in [-0.2, 0) is 0 Å². The molecule has 0 heterocycles. The third kappa shape index (κ3) is 4.52. The molecule has 0 aliphatic heterocycles. The molecule has 1 rings (SSSR count). The quantitative estimate of drug-likeness (QED) is 0.790. The van der Waals surface area contributed by atoms with Gasteiger partial charge >= 0.3 is 0 Å². The van der Waals surface area contributed by atoms with Gasteiger partial charge in [0.05, 0.1) is 5.56 Å². The summed E-state index contributed by atoms with van der Waals surface area (Å²) in [6, 6.07) is 5.67. The SMILES string of the molecule is CCSc1ccc(Cl)cc1C(=O)NCC(C)NC. The van der Waals surface area contributed by atoms with Crippen molar-refractivity contribution in [2.75, 3.05) is 19.3 Å². The van der Waals surface area contributed by atoms with Gasteiger partial charge in [0.25, 0.3) is 5.91 Å². The van der Waals surface area contributed by atoms with Crippen molar-refractivity contribution in [3.63, 3.8) is 0 Å². The third-order valence-electron chi connectivity index (χ3n) is 2.55. The van der Waals surface area contributed by atoms with E-state index >= 15 is 0 Å². The number of carbonyl (C=O) groups is 1. The van der Waals surface area contributed by atoms with Gasteiger partial charge in [-0.1, -0.05) is 18.5 Å². The van der Waals surface area contributed by atoms with E-state index < -0.39 is 0 Å². The lowest BCUT2D eigenvalue weighted by Gasteiger charge is -2.13. The van der Waals surface area contributed by atoms with Crippen LogP contribution in [0.5, 0.6) is 0 Å². The van der Waals surface area contributed by atoms with Gasteiger partial charge < -0.3 is 10.6 Å². The number of nitrogens with one attached hydrogen (secondary N) is 2. The fourth-order valence-electron chi connectivity index (χ4n) is 1.40. The molecule has 3 nitrogen and oxygen atoms in total.